The fourth-order valence-electron chi connectivity index (χ4n) is 4.57. The van der Waals surface area contributed by atoms with E-state index in [2.05, 4.69) is 13.8 Å². The van der Waals surface area contributed by atoms with Crippen LogP contribution in [0.3, 0.4) is 0 Å². The first kappa shape index (κ1) is 18.2. The van der Waals surface area contributed by atoms with E-state index < -0.39 is 11.5 Å². The molecule has 3 rings (SSSR count). The summed E-state index contributed by atoms with van der Waals surface area (Å²) in [6, 6.07) is 0. The third-order valence-electron chi connectivity index (χ3n) is 6.64. The van der Waals surface area contributed by atoms with Crippen molar-refractivity contribution in [3.8, 4) is 0 Å². The topological polar surface area (TPSA) is 79.9 Å². The van der Waals surface area contributed by atoms with E-state index in [0.717, 1.165) is 18.4 Å². The average molecular weight is 348 g/mol. The lowest BCUT2D eigenvalue weighted by Crippen LogP contribution is -2.53. The Bertz CT molecular complexity index is 688. The highest BCUT2D eigenvalue weighted by Crippen LogP contribution is 2.58. The summed E-state index contributed by atoms with van der Waals surface area (Å²) in [6.07, 6.45) is 4.60. The molecule has 0 spiro atoms. The molecular formula is C20H28O5. The van der Waals surface area contributed by atoms with Gasteiger partial charge in [-0.15, -0.1) is 0 Å². The van der Waals surface area contributed by atoms with E-state index in [1.54, 1.807) is 13.0 Å². The summed E-state index contributed by atoms with van der Waals surface area (Å²) in [7, 11) is 0. The summed E-state index contributed by atoms with van der Waals surface area (Å²) in [5.74, 6) is 0.682. The van der Waals surface area contributed by atoms with Crippen LogP contribution in [-0.4, -0.2) is 22.3 Å². The second kappa shape index (κ2) is 6.61. The van der Waals surface area contributed by atoms with Gasteiger partial charge < -0.3 is 19.4 Å². The summed E-state index contributed by atoms with van der Waals surface area (Å²) in [5, 5.41) is 20.7. The van der Waals surface area contributed by atoms with Crippen LogP contribution >= 0.6 is 0 Å². The molecule has 5 nitrogen and oxygen atoms in total. The predicted octanol–water partition coefficient (Wildman–Crippen LogP) is 3.29. The Kier molecular flexibility index (Phi) is 4.82. The SMILES string of the molecule is CC=C(C)C(=O)OC1CCC(C)C2(C)C(O)c3c(CO)coc3CC12. The number of aliphatic hydroxyl groups is 2. The number of hydrogen-bond acceptors (Lipinski definition) is 5. The molecule has 1 saturated carbocycles. The maximum Gasteiger partial charge on any atom is 0.333 e. The molecule has 1 aromatic rings. The Morgan fingerprint density at radius 1 is 1.48 bits per heavy atom. The number of rotatable bonds is 3. The van der Waals surface area contributed by atoms with Gasteiger partial charge in [0, 0.05) is 34.5 Å². The second-order valence-corrected chi connectivity index (χ2v) is 7.73. The molecule has 0 saturated heterocycles. The van der Waals surface area contributed by atoms with Gasteiger partial charge in [0.05, 0.1) is 19.0 Å². The predicted molar refractivity (Wildman–Crippen MR) is 92.6 cm³/mol. The molecule has 2 aliphatic rings. The van der Waals surface area contributed by atoms with Gasteiger partial charge in [0.1, 0.15) is 11.9 Å². The molecule has 0 aromatic carbocycles. The first-order chi connectivity index (χ1) is 11.8. The number of furan rings is 1. The van der Waals surface area contributed by atoms with E-state index >= 15 is 0 Å². The summed E-state index contributed by atoms with van der Waals surface area (Å²) in [6.45, 7) is 7.64. The number of aliphatic hydroxyl groups excluding tert-OH is 2. The highest BCUT2D eigenvalue weighted by molar-refractivity contribution is 5.87. The highest BCUT2D eigenvalue weighted by Gasteiger charge is 2.56. The minimum Gasteiger partial charge on any atom is -0.469 e. The normalized spacial score (nSPS) is 35.0. The zero-order chi connectivity index (χ0) is 18.4. The third kappa shape index (κ3) is 2.74. The number of ether oxygens (including phenoxy) is 1. The van der Waals surface area contributed by atoms with Crippen molar-refractivity contribution in [1.82, 2.24) is 0 Å². The lowest BCUT2D eigenvalue weighted by molar-refractivity contribution is -0.170. The van der Waals surface area contributed by atoms with E-state index in [-0.39, 0.29) is 30.5 Å². The lowest BCUT2D eigenvalue weighted by Gasteiger charge is -2.54. The Morgan fingerprint density at radius 3 is 2.84 bits per heavy atom. The first-order valence-electron chi connectivity index (χ1n) is 9.06. The molecule has 1 heterocycles. The molecule has 5 unspecified atom stereocenters. The van der Waals surface area contributed by atoms with Gasteiger partial charge in [-0.05, 0) is 32.6 Å². The van der Waals surface area contributed by atoms with Crippen LogP contribution in [0.5, 0.6) is 0 Å². The quantitative estimate of drug-likeness (QED) is 0.647. The van der Waals surface area contributed by atoms with Crippen LogP contribution in [0, 0.1) is 17.3 Å². The zero-order valence-electron chi connectivity index (χ0n) is 15.4. The van der Waals surface area contributed by atoms with Crippen LogP contribution in [0.4, 0.5) is 0 Å². The van der Waals surface area contributed by atoms with Gasteiger partial charge in [0.2, 0.25) is 0 Å². The van der Waals surface area contributed by atoms with E-state index in [0.29, 0.717) is 23.3 Å². The summed E-state index contributed by atoms with van der Waals surface area (Å²) in [5.41, 5.74) is 1.55. The van der Waals surface area contributed by atoms with Gasteiger partial charge in [-0.3, -0.25) is 0 Å². The second-order valence-electron chi connectivity index (χ2n) is 7.73. The fraction of sp³-hybridized carbons (Fsp3) is 0.650. The van der Waals surface area contributed by atoms with Crippen molar-refractivity contribution < 1.29 is 24.2 Å². The van der Waals surface area contributed by atoms with Crippen LogP contribution in [-0.2, 0) is 22.6 Å². The number of hydrogen-bond donors (Lipinski definition) is 2. The molecule has 2 N–H and O–H groups in total. The molecule has 0 amide bonds. The van der Waals surface area contributed by atoms with Gasteiger partial charge in [0.25, 0.3) is 0 Å². The van der Waals surface area contributed by atoms with Gasteiger partial charge >= 0.3 is 5.97 Å². The molecule has 0 bridgehead atoms. The molecule has 0 radical (unpaired) electrons. The van der Waals surface area contributed by atoms with Crippen molar-refractivity contribution in [3.05, 3.63) is 34.8 Å². The Labute approximate surface area is 148 Å². The van der Waals surface area contributed by atoms with Crippen molar-refractivity contribution in [1.29, 1.82) is 0 Å². The minimum atomic E-state index is -0.735. The summed E-state index contributed by atoms with van der Waals surface area (Å²) in [4.78, 5) is 12.3. The molecule has 0 aliphatic heterocycles. The highest BCUT2D eigenvalue weighted by atomic mass is 16.5. The standard InChI is InChI=1S/C20H28O5/c1-5-11(2)19(23)25-15-7-6-12(3)20(4)14(15)8-16-17(18(20)22)13(9-21)10-24-16/h5,10,12,14-15,18,21-22H,6-9H2,1-4H3. The first-order valence-corrected chi connectivity index (χ1v) is 9.06. The van der Waals surface area contributed by atoms with E-state index in [9.17, 15) is 15.0 Å². The molecule has 2 aliphatic carbocycles. The summed E-state index contributed by atoms with van der Waals surface area (Å²) >= 11 is 0. The van der Waals surface area contributed by atoms with Crippen molar-refractivity contribution >= 4 is 5.97 Å². The van der Waals surface area contributed by atoms with E-state index in [4.69, 9.17) is 9.15 Å². The van der Waals surface area contributed by atoms with Crippen molar-refractivity contribution in [2.24, 2.45) is 17.3 Å². The molecule has 138 valence electrons. The monoisotopic (exact) mass is 348 g/mol. The molecule has 1 fully saturated rings. The number of carbonyl (C=O) groups excluding carboxylic acids is 1. The number of fused-ring (bicyclic) bond motifs is 2. The molecule has 5 heteroatoms. The van der Waals surface area contributed by atoms with Gasteiger partial charge in [-0.25, -0.2) is 4.79 Å². The van der Waals surface area contributed by atoms with Crippen LogP contribution in [0.1, 0.15) is 63.5 Å². The van der Waals surface area contributed by atoms with Gasteiger partial charge in [-0.1, -0.05) is 19.9 Å². The molecule has 25 heavy (non-hydrogen) atoms. The van der Waals surface area contributed by atoms with E-state index in [1.807, 2.05) is 6.92 Å². The van der Waals surface area contributed by atoms with Crippen LogP contribution in [0.2, 0.25) is 0 Å². The summed E-state index contributed by atoms with van der Waals surface area (Å²) < 4.78 is 11.4. The van der Waals surface area contributed by atoms with Gasteiger partial charge in [-0.2, -0.15) is 0 Å². The van der Waals surface area contributed by atoms with Crippen LogP contribution in [0.15, 0.2) is 22.3 Å². The Morgan fingerprint density at radius 2 is 2.20 bits per heavy atom. The lowest BCUT2D eigenvalue weighted by atomic mass is 9.53. The Balaban J connectivity index is 1.97. The third-order valence-corrected chi connectivity index (χ3v) is 6.64. The average Bonchev–Trinajstić information content (AvgIpc) is 3.02. The number of carbonyl (C=O) groups is 1. The van der Waals surface area contributed by atoms with Crippen molar-refractivity contribution in [2.75, 3.05) is 0 Å². The minimum absolute atomic E-state index is 0.00921. The van der Waals surface area contributed by atoms with Crippen LogP contribution < -0.4 is 0 Å². The van der Waals surface area contributed by atoms with Crippen molar-refractivity contribution in [3.63, 3.8) is 0 Å². The molecule has 5 atom stereocenters. The molecule has 1 aromatic heterocycles. The van der Waals surface area contributed by atoms with Gasteiger partial charge in [0.15, 0.2) is 0 Å². The Hall–Kier alpha value is -1.59. The van der Waals surface area contributed by atoms with Crippen LogP contribution in [0.25, 0.3) is 0 Å². The fourth-order valence-corrected chi connectivity index (χ4v) is 4.57. The maximum absolute atomic E-state index is 12.3. The maximum atomic E-state index is 12.3. The largest absolute Gasteiger partial charge is 0.469 e. The molecular weight excluding hydrogens is 320 g/mol. The number of allylic oxidation sites excluding steroid dienone is 1. The number of esters is 1. The smallest absolute Gasteiger partial charge is 0.333 e. The van der Waals surface area contributed by atoms with E-state index in [1.165, 1.54) is 6.26 Å². The van der Waals surface area contributed by atoms with Crippen molar-refractivity contribution in [2.45, 2.75) is 65.8 Å². The zero-order valence-corrected chi connectivity index (χ0v) is 15.4.